The molecule has 3 heteroatoms. The summed E-state index contributed by atoms with van der Waals surface area (Å²) in [6.45, 7) is 4.86. The third-order valence-electron chi connectivity index (χ3n) is 5.33. The van der Waals surface area contributed by atoms with Crippen LogP contribution < -0.4 is 0 Å². The van der Waals surface area contributed by atoms with Crippen molar-refractivity contribution in [2.75, 3.05) is 18.1 Å². The molecule has 1 spiro atoms. The van der Waals surface area contributed by atoms with Crippen molar-refractivity contribution in [2.45, 2.75) is 50.7 Å². The molecule has 0 amide bonds. The minimum Gasteiger partial charge on any atom is -0.385 e. The summed E-state index contributed by atoms with van der Waals surface area (Å²) in [7, 11) is 0. The molecule has 2 fully saturated rings. The largest absolute Gasteiger partial charge is 0.385 e. The molecule has 1 aromatic carbocycles. The molecule has 2 heterocycles. The average molecular weight is 306 g/mol. The zero-order chi connectivity index (χ0) is 14.9. The second kappa shape index (κ2) is 5.94. The molecule has 2 saturated heterocycles. The van der Waals surface area contributed by atoms with E-state index in [0.717, 1.165) is 37.9 Å². The van der Waals surface area contributed by atoms with Gasteiger partial charge in [0.1, 0.15) is 0 Å². The van der Waals surface area contributed by atoms with Gasteiger partial charge >= 0.3 is 0 Å². The third kappa shape index (κ3) is 3.15. The van der Waals surface area contributed by atoms with Crippen molar-refractivity contribution < 1.29 is 9.84 Å². The fraction of sp³-hybridized carbons (Fsp3) is 0.667. The normalized spacial score (nSPS) is 28.2. The zero-order valence-electron chi connectivity index (χ0n) is 13.1. The maximum absolute atomic E-state index is 11.2. The SMILES string of the molecule is Cc1ccc(C(C)(O)C2CCOC3(CCSCC3)C2)cc1. The second-order valence-corrected chi connectivity index (χ2v) is 8.07. The Morgan fingerprint density at radius 1 is 1.24 bits per heavy atom. The number of rotatable bonds is 2. The maximum atomic E-state index is 11.2. The molecule has 2 unspecified atom stereocenters. The first-order valence-electron chi connectivity index (χ1n) is 8.03. The van der Waals surface area contributed by atoms with Crippen LogP contribution >= 0.6 is 11.8 Å². The fourth-order valence-electron chi connectivity index (χ4n) is 3.73. The summed E-state index contributed by atoms with van der Waals surface area (Å²) in [5.74, 6) is 2.68. The molecular weight excluding hydrogens is 280 g/mol. The smallest absolute Gasteiger partial charge is 0.0898 e. The second-order valence-electron chi connectivity index (χ2n) is 6.85. The molecule has 21 heavy (non-hydrogen) atoms. The summed E-state index contributed by atoms with van der Waals surface area (Å²) in [4.78, 5) is 0. The van der Waals surface area contributed by atoms with Crippen LogP contribution in [0.15, 0.2) is 24.3 Å². The van der Waals surface area contributed by atoms with E-state index in [-0.39, 0.29) is 11.5 Å². The predicted molar refractivity (Wildman–Crippen MR) is 88.7 cm³/mol. The Bertz CT molecular complexity index is 469. The highest BCUT2D eigenvalue weighted by Crippen LogP contribution is 2.45. The van der Waals surface area contributed by atoms with E-state index in [1.807, 2.05) is 18.7 Å². The highest BCUT2D eigenvalue weighted by molar-refractivity contribution is 7.99. The molecule has 116 valence electrons. The van der Waals surface area contributed by atoms with Crippen molar-refractivity contribution in [2.24, 2.45) is 5.92 Å². The molecule has 1 aromatic rings. The Morgan fingerprint density at radius 2 is 1.90 bits per heavy atom. The van der Waals surface area contributed by atoms with Gasteiger partial charge in [-0.15, -0.1) is 0 Å². The van der Waals surface area contributed by atoms with E-state index < -0.39 is 5.60 Å². The lowest BCUT2D eigenvalue weighted by molar-refractivity contribution is -0.144. The number of thioether (sulfide) groups is 1. The Morgan fingerprint density at radius 3 is 2.57 bits per heavy atom. The molecular formula is C18H26O2S. The van der Waals surface area contributed by atoms with Crippen LogP contribution in [0.1, 0.15) is 43.7 Å². The highest BCUT2D eigenvalue weighted by atomic mass is 32.2. The molecule has 0 bridgehead atoms. The van der Waals surface area contributed by atoms with E-state index in [2.05, 4.69) is 31.2 Å². The number of aryl methyl sites for hydroxylation is 1. The van der Waals surface area contributed by atoms with Gasteiger partial charge in [-0.3, -0.25) is 0 Å². The summed E-state index contributed by atoms with van der Waals surface area (Å²) in [5, 5.41) is 11.2. The van der Waals surface area contributed by atoms with Crippen molar-refractivity contribution in [3.8, 4) is 0 Å². The molecule has 2 aliphatic heterocycles. The summed E-state index contributed by atoms with van der Waals surface area (Å²) in [6, 6.07) is 8.34. The van der Waals surface area contributed by atoms with Gasteiger partial charge in [-0.2, -0.15) is 11.8 Å². The van der Waals surface area contributed by atoms with Gasteiger partial charge in [0.2, 0.25) is 0 Å². The molecule has 0 aromatic heterocycles. The fourth-order valence-corrected chi connectivity index (χ4v) is 4.96. The van der Waals surface area contributed by atoms with Crippen LogP contribution in [0.5, 0.6) is 0 Å². The molecule has 0 radical (unpaired) electrons. The molecule has 2 nitrogen and oxygen atoms in total. The van der Waals surface area contributed by atoms with Gasteiger partial charge in [0.05, 0.1) is 11.2 Å². The van der Waals surface area contributed by atoms with Crippen LogP contribution in [0.3, 0.4) is 0 Å². The lowest BCUT2D eigenvalue weighted by Gasteiger charge is -2.47. The number of hydrogen-bond acceptors (Lipinski definition) is 3. The Balaban J connectivity index is 1.79. The minimum atomic E-state index is -0.755. The van der Waals surface area contributed by atoms with Crippen molar-refractivity contribution in [3.63, 3.8) is 0 Å². The van der Waals surface area contributed by atoms with Gasteiger partial charge in [0, 0.05) is 6.61 Å². The lowest BCUT2D eigenvalue weighted by Crippen LogP contribution is -2.47. The first-order chi connectivity index (χ1) is 10.0. The standard InChI is InChI=1S/C18H26O2S/c1-14-3-5-15(6-4-14)17(2,19)16-7-10-20-18(13-16)8-11-21-12-9-18/h3-6,16,19H,7-13H2,1-2H3. The Labute approximate surface area is 132 Å². The number of ether oxygens (including phenoxy) is 1. The van der Waals surface area contributed by atoms with Gasteiger partial charge in [0.15, 0.2) is 0 Å². The van der Waals surface area contributed by atoms with Crippen molar-refractivity contribution in [1.82, 2.24) is 0 Å². The van der Waals surface area contributed by atoms with E-state index in [1.165, 1.54) is 17.1 Å². The molecule has 0 saturated carbocycles. The minimum absolute atomic E-state index is 0.0306. The summed E-state index contributed by atoms with van der Waals surface area (Å²) >= 11 is 2.03. The van der Waals surface area contributed by atoms with E-state index >= 15 is 0 Å². The molecule has 1 N–H and O–H groups in total. The number of benzene rings is 1. The molecule has 3 rings (SSSR count). The molecule has 2 atom stereocenters. The van der Waals surface area contributed by atoms with Gasteiger partial charge in [-0.05, 0) is 62.5 Å². The topological polar surface area (TPSA) is 29.5 Å². The quantitative estimate of drug-likeness (QED) is 0.899. The predicted octanol–water partition coefficient (Wildman–Crippen LogP) is 3.89. The lowest BCUT2D eigenvalue weighted by atomic mass is 9.72. The van der Waals surface area contributed by atoms with Crippen LogP contribution in [0.2, 0.25) is 0 Å². The van der Waals surface area contributed by atoms with E-state index in [4.69, 9.17) is 4.74 Å². The zero-order valence-corrected chi connectivity index (χ0v) is 13.9. The Kier molecular flexibility index (Phi) is 4.35. The van der Waals surface area contributed by atoms with E-state index in [1.54, 1.807) is 0 Å². The van der Waals surface area contributed by atoms with Gasteiger partial charge in [0.25, 0.3) is 0 Å². The van der Waals surface area contributed by atoms with Gasteiger partial charge in [-0.1, -0.05) is 29.8 Å². The van der Waals surface area contributed by atoms with Crippen LogP contribution in [-0.4, -0.2) is 28.8 Å². The van der Waals surface area contributed by atoms with Crippen LogP contribution in [0, 0.1) is 12.8 Å². The van der Waals surface area contributed by atoms with Crippen molar-refractivity contribution in [1.29, 1.82) is 0 Å². The third-order valence-corrected chi connectivity index (χ3v) is 6.31. The first kappa shape index (κ1) is 15.4. The van der Waals surface area contributed by atoms with Crippen LogP contribution in [0.25, 0.3) is 0 Å². The molecule has 2 aliphatic rings. The van der Waals surface area contributed by atoms with E-state index in [9.17, 15) is 5.11 Å². The van der Waals surface area contributed by atoms with Crippen molar-refractivity contribution in [3.05, 3.63) is 35.4 Å². The average Bonchev–Trinajstić information content (AvgIpc) is 2.48. The molecule has 0 aliphatic carbocycles. The monoisotopic (exact) mass is 306 g/mol. The van der Waals surface area contributed by atoms with Crippen LogP contribution in [0.4, 0.5) is 0 Å². The maximum Gasteiger partial charge on any atom is 0.0898 e. The first-order valence-corrected chi connectivity index (χ1v) is 9.19. The number of hydrogen-bond donors (Lipinski definition) is 1. The van der Waals surface area contributed by atoms with E-state index in [0.29, 0.717) is 0 Å². The summed E-state index contributed by atoms with van der Waals surface area (Å²) in [6.07, 6.45) is 4.22. The summed E-state index contributed by atoms with van der Waals surface area (Å²) < 4.78 is 6.16. The highest BCUT2D eigenvalue weighted by Gasteiger charge is 2.45. The number of aliphatic hydroxyl groups is 1. The Hall–Kier alpha value is -0.510. The van der Waals surface area contributed by atoms with Gasteiger partial charge < -0.3 is 9.84 Å². The van der Waals surface area contributed by atoms with Gasteiger partial charge in [-0.25, -0.2) is 0 Å². The van der Waals surface area contributed by atoms with Crippen molar-refractivity contribution >= 4 is 11.8 Å². The van der Waals surface area contributed by atoms with Crippen LogP contribution in [-0.2, 0) is 10.3 Å². The summed E-state index contributed by atoms with van der Waals surface area (Å²) in [5.41, 5.74) is 1.56.